The number of halogens is 5. The number of carbonyl (C=O) groups excluding carboxylic acids is 1. The maximum absolute atomic E-state index is 13.5. The smallest absolute Gasteiger partial charge is 0.284 e. The van der Waals surface area contributed by atoms with Gasteiger partial charge in [-0.1, -0.05) is 4.48 Å². The number of hydrogen-bond acceptors (Lipinski definition) is 4. The summed E-state index contributed by atoms with van der Waals surface area (Å²) in [5.41, 5.74) is -1.27. The Labute approximate surface area is 123 Å². The van der Waals surface area contributed by atoms with Crippen molar-refractivity contribution < 1.29 is 41.5 Å². The molecule has 0 radical (unpaired) electrons. The van der Waals surface area contributed by atoms with Crippen molar-refractivity contribution in [3.63, 3.8) is 0 Å². The van der Waals surface area contributed by atoms with Gasteiger partial charge in [-0.25, -0.2) is 17.6 Å². The zero-order valence-electron chi connectivity index (χ0n) is 11.0. The minimum absolute atomic E-state index is 0.0506. The Bertz CT molecular complexity index is 546. The highest BCUT2D eigenvalue weighted by Crippen LogP contribution is 2.20. The highest BCUT2D eigenvalue weighted by molar-refractivity contribution is 6.27. The van der Waals surface area contributed by atoms with Crippen molar-refractivity contribution in [3.8, 4) is 0 Å². The van der Waals surface area contributed by atoms with Crippen LogP contribution in [0.4, 0.5) is 22.0 Å². The molecule has 2 N–H and O–H groups in total. The molecule has 0 saturated carbocycles. The summed E-state index contributed by atoms with van der Waals surface area (Å²) in [7, 11) is -1.34. The molecule has 11 heteroatoms. The minimum atomic E-state index is -2.20. The van der Waals surface area contributed by atoms with E-state index in [9.17, 15) is 26.8 Å². The average Bonchev–Trinajstić information content (AvgIpc) is 2.47. The van der Waals surface area contributed by atoms with Crippen molar-refractivity contribution in [2.24, 2.45) is 0 Å². The zero-order chi connectivity index (χ0) is 16.9. The third-order valence-corrected chi connectivity index (χ3v) is 3.89. The number of aliphatic hydroxyl groups is 2. The van der Waals surface area contributed by atoms with Gasteiger partial charge in [-0.15, -0.1) is 0 Å². The molecular weight excluding hydrogens is 333 g/mol. The molecule has 1 rings (SSSR count). The van der Waals surface area contributed by atoms with E-state index in [1.54, 1.807) is 0 Å². The monoisotopic (exact) mass is 345 g/mol. The van der Waals surface area contributed by atoms with Crippen LogP contribution in [0.5, 0.6) is 0 Å². The van der Waals surface area contributed by atoms with Gasteiger partial charge in [0.25, 0.3) is 12.4 Å². The summed E-state index contributed by atoms with van der Waals surface area (Å²) in [6.07, 6.45) is 0.0506. The molecule has 0 aromatic heterocycles. The predicted molar refractivity (Wildman–Crippen MR) is 65.7 cm³/mol. The topological polar surface area (TPSA) is 70.0 Å². The Morgan fingerprint density at radius 2 is 1.86 bits per heavy atom. The molecular formula is C11H12F5NO4Si. The second-order valence-electron chi connectivity index (χ2n) is 4.14. The molecule has 0 aliphatic rings. The lowest BCUT2D eigenvalue weighted by atomic mass is 10.1. The molecule has 0 unspecified atom stereocenters. The first-order valence-corrected chi connectivity index (χ1v) is 7.61. The molecule has 0 aliphatic heterocycles. The van der Waals surface area contributed by atoms with Gasteiger partial charge in [0.1, 0.15) is 0 Å². The summed E-state index contributed by atoms with van der Waals surface area (Å²) in [6, 6.07) is 0.336. The molecule has 0 bridgehead atoms. The van der Waals surface area contributed by atoms with Crippen LogP contribution in [0.1, 0.15) is 16.8 Å². The van der Waals surface area contributed by atoms with E-state index in [0.717, 1.165) is 0 Å². The lowest BCUT2D eigenvalue weighted by Gasteiger charge is -2.13. The number of carbonyl (C=O) groups is 1. The maximum atomic E-state index is 13.5. The molecule has 0 spiro atoms. The number of hydrogen-bond donors (Lipinski definition) is 2. The second-order valence-corrected chi connectivity index (χ2v) is 5.59. The van der Waals surface area contributed by atoms with Gasteiger partial charge in [0.2, 0.25) is 0 Å². The van der Waals surface area contributed by atoms with Gasteiger partial charge in [-0.05, 0) is 18.5 Å². The molecule has 124 valence electrons. The number of nitrogens with zero attached hydrogens (tertiary/aromatic N) is 1. The fourth-order valence-electron chi connectivity index (χ4n) is 1.50. The van der Waals surface area contributed by atoms with Crippen LogP contribution in [0.2, 0.25) is 6.04 Å². The molecule has 0 aliphatic carbocycles. The SMILES string of the molecule is O=C(c1cc(F)c(F)c(F)c1F)N(F)CCC[SiH2]OC(O)O. The largest absolute Gasteiger partial charge is 0.379 e. The second kappa shape index (κ2) is 8.17. The standard InChI is InChI=1S/C11H12F5NO4Si/c12-6-4-5(7(13)9(15)8(6)14)10(18)17(16)2-1-3-22-21-11(19)20/h4,11,19-20H,1-3,22H2. The third kappa shape index (κ3) is 4.73. The minimum Gasteiger partial charge on any atom is -0.379 e. The predicted octanol–water partition coefficient (Wildman–Crippen LogP) is 0.747. The molecule has 5 nitrogen and oxygen atoms in total. The number of benzene rings is 1. The Kier molecular flexibility index (Phi) is 6.87. The van der Waals surface area contributed by atoms with Crippen LogP contribution in [0, 0.1) is 23.3 Å². The first kappa shape index (κ1) is 18.5. The van der Waals surface area contributed by atoms with Crippen LogP contribution in [0.25, 0.3) is 0 Å². The highest BCUT2D eigenvalue weighted by Gasteiger charge is 2.26. The van der Waals surface area contributed by atoms with E-state index in [2.05, 4.69) is 4.43 Å². The summed E-state index contributed by atoms with van der Waals surface area (Å²) in [5.74, 6) is -9.74. The van der Waals surface area contributed by atoms with Crippen LogP contribution in [-0.4, -0.2) is 44.0 Å². The lowest BCUT2D eigenvalue weighted by molar-refractivity contribution is -0.180. The van der Waals surface area contributed by atoms with Crippen LogP contribution in [-0.2, 0) is 4.43 Å². The van der Waals surface area contributed by atoms with Crippen LogP contribution in [0.3, 0.4) is 0 Å². The number of rotatable bonds is 7. The number of aliphatic hydroxyl groups excluding tert-OH is 1. The van der Waals surface area contributed by atoms with E-state index in [4.69, 9.17) is 10.2 Å². The Morgan fingerprint density at radius 3 is 2.45 bits per heavy atom. The van der Waals surface area contributed by atoms with Crippen LogP contribution in [0.15, 0.2) is 6.07 Å². The lowest BCUT2D eigenvalue weighted by Crippen LogP contribution is -2.26. The van der Waals surface area contributed by atoms with E-state index in [1.807, 2.05) is 0 Å². The van der Waals surface area contributed by atoms with Crippen molar-refractivity contribution in [2.75, 3.05) is 6.54 Å². The van der Waals surface area contributed by atoms with E-state index in [0.29, 0.717) is 0 Å². The molecule has 1 aromatic rings. The number of amides is 1. The maximum Gasteiger partial charge on any atom is 0.284 e. The molecule has 1 amide bonds. The van der Waals surface area contributed by atoms with E-state index < -0.39 is 62.6 Å². The van der Waals surface area contributed by atoms with Gasteiger partial charge in [-0.2, -0.15) is 5.12 Å². The van der Waals surface area contributed by atoms with Gasteiger partial charge in [0, 0.05) is 0 Å². The molecule has 0 saturated heterocycles. The fourth-order valence-corrected chi connectivity index (χ4v) is 2.31. The first-order chi connectivity index (χ1) is 10.3. The summed E-state index contributed by atoms with van der Waals surface area (Å²) in [6.45, 7) is -2.45. The summed E-state index contributed by atoms with van der Waals surface area (Å²) < 4.78 is 69.9. The molecule has 0 heterocycles. The van der Waals surface area contributed by atoms with Crippen LogP contribution < -0.4 is 0 Å². The van der Waals surface area contributed by atoms with Crippen molar-refractivity contribution in [2.45, 2.75) is 18.9 Å². The van der Waals surface area contributed by atoms with E-state index >= 15 is 0 Å². The molecule has 0 atom stereocenters. The summed E-state index contributed by atoms with van der Waals surface area (Å²) in [5, 5.41) is 16.3. The van der Waals surface area contributed by atoms with E-state index in [-0.39, 0.29) is 18.5 Å². The van der Waals surface area contributed by atoms with Gasteiger partial charge < -0.3 is 14.6 Å². The molecule has 22 heavy (non-hydrogen) atoms. The Hall–Kier alpha value is -1.56. The van der Waals surface area contributed by atoms with Crippen molar-refractivity contribution in [1.29, 1.82) is 0 Å². The van der Waals surface area contributed by atoms with Crippen LogP contribution >= 0.6 is 0 Å². The molecule has 0 fully saturated rings. The summed E-state index contributed by atoms with van der Waals surface area (Å²) >= 11 is 0. The van der Waals surface area contributed by atoms with Gasteiger partial charge in [0.05, 0.1) is 12.1 Å². The summed E-state index contributed by atoms with van der Waals surface area (Å²) in [4.78, 5) is 11.5. The van der Waals surface area contributed by atoms with Gasteiger partial charge in [-0.3, -0.25) is 4.79 Å². The fraction of sp³-hybridized carbons (Fsp3) is 0.364. The van der Waals surface area contributed by atoms with Gasteiger partial charge in [0.15, 0.2) is 33.0 Å². The molecule has 1 aromatic carbocycles. The highest BCUT2D eigenvalue weighted by atomic mass is 28.2. The average molecular weight is 345 g/mol. The normalized spacial score (nSPS) is 11.6. The van der Waals surface area contributed by atoms with Crippen molar-refractivity contribution in [3.05, 3.63) is 34.9 Å². The first-order valence-electron chi connectivity index (χ1n) is 6.04. The zero-order valence-corrected chi connectivity index (χ0v) is 12.4. The third-order valence-electron chi connectivity index (χ3n) is 2.57. The Morgan fingerprint density at radius 1 is 1.23 bits per heavy atom. The quantitative estimate of drug-likeness (QED) is 0.146. The Balaban J connectivity index is 2.64. The van der Waals surface area contributed by atoms with Crippen molar-refractivity contribution in [1.82, 2.24) is 5.12 Å². The van der Waals surface area contributed by atoms with Crippen molar-refractivity contribution >= 4 is 15.7 Å². The van der Waals surface area contributed by atoms with E-state index in [1.165, 1.54) is 0 Å². The van der Waals surface area contributed by atoms with Gasteiger partial charge >= 0.3 is 0 Å².